The van der Waals surface area contributed by atoms with Crippen molar-refractivity contribution in [3.8, 4) is 0 Å². The Labute approximate surface area is 106 Å². The molecule has 1 N–H and O–H groups in total. The van der Waals surface area contributed by atoms with Crippen LogP contribution in [-0.4, -0.2) is 44.7 Å². The van der Waals surface area contributed by atoms with Crippen molar-refractivity contribution in [3.05, 3.63) is 0 Å². The lowest BCUT2D eigenvalue weighted by molar-refractivity contribution is 0.196. The number of nitrogens with zero attached hydrogens (tertiary/aromatic N) is 1. The SMILES string of the molecule is CCNCCCS(=O)(=O)N1CCC(C)(C)CC1. The second-order valence-electron chi connectivity index (χ2n) is 5.59. The van der Waals surface area contributed by atoms with Crippen molar-refractivity contribution in [1.29, 1.82) is 0 Å². The minimum atomic E-state index is -3.02. The van der Waals surface area contributed by atoms with Gasteiger partial charge in [-0.25, -0.2) is 12.7 Å². The topological polar surface area (TPSA) is 49.4 Å². The Morgan fingerprint density at radius 3 is 2.35 bits per heavy atom. The Bertz CT molecular complexity index is 315. The van der Waals surface area contributed by atoms with Gasteiger partial charge in [-0.2, -0.15) is 0 Å². The highest BCUT2D eigenvalue weighted by molar-refractivity contribution is 7.89. The fourth-order valence-electron chi connectivity index (χ4n) is 2.06. The predicted octanol–water partition coefficient (Wildman–Crippen LogP) is 1.44. The second kappa shape index (κ2) is 6.16. The lowest BCUT2D eigenvalue weighted by Crippen LogP contribution is -2.42. The number of piperidine rings is 1. The molecule has 0 saturated carbocycles. The molecular weight excluding hydrogens is 236 g/mol. The van der Waals surface area contributed by atoms with Gasteiger partial charge in [0.15, 0.2) is 0 Å². The van der Waals surface area contributed by atoms with Crippen molar-refractivity contribution in [2.45, 2.75) is 40.0 Å². The second-order valence-corrected chi connectivity index (χ2v) is 7.67. The monoisotopic (exact) mass is 262 g/mol. The van der Waals surface area contributed by atoms with E-state index in [-0.39, 0.29) is 5.75 Å². The van der Waals surface area contributed by atoms with Crippen LogP contribution in [0.3, 0.4) is 0 Å². The van der Waals surface area contributed by atoms with Crippen LogP contribution in [0.15, 0.2) is 0 Å². The molecule has 1 saturated heterocycles. The standard InChI is InChI=1S/C12H26N2O2S/c1-4-13-8-5-11-17(15,16)14-9-6-12(2,3)7-10-14/h13H,4-11H2,1-3H3. The van der Waals surface area contributed by atoms with Crippen LogP contribution in [0.5, 0.6) is 0 Å². The molecule has 4 nitrogen and oxygen atoms in total. The van der Waals surface area contributed by atoms with Crippen LogP contribution in [0.4, 0.5) is 0 Å². The Morgan fingerprint density at radius 2 is 1.82 bits per heavy atom. The Morgan fingerprint density at radius 1 is 1.24 bits per heavy atom. The van der Waals surface area contributed by atoms with Crippen molar-refractivity contribution >= 4 is 10.0 Å². The van der Waals surface area contributed by atoms with Gasteiger partial charge in [-0.05, 0) is 37.8 Å². The Balaban J connectivity index is 2.38. The van der Waals surface area contributed by atoms with Gasteiger partial charge >= 0.3 is 0 Å². The van der Waals surface area contributed by atoms with Gasteiger partial charge in [-0.3, -0.25) is 0 Å². The summed E-state index contributed by atoms with van der Waals surface area (Å²) in [6.07, 6.45) is 2.65. The molecule has 1 heterocycles. The summed E-state index contributed by atoms with van der Waals surface area (Å²) in [4.78, 5) is 0. The van der Waals surface area contributed by atoms with Gasteiger partial charge in [0, 0.05) is 13.1 Å². The first-order chi connectivity index (χ1) is 7.87. The molecule has 0 aliphatic carbocycles. The Hall–Kier alpha value is -0.130. The summed E-state index contributed by atoms with van der Waals surface area (Å²) in [6, 6.07) is 0. The van der Waals surface area contributed by atoms with E-state index in [0.29, 0.717) is 24.9 Å². The summed E-state index contributed by atoms with van der Waals surface area (Å²) in [5.74, 6) is 0.278. The van der Waals surface area contributed by atoms with Crippen LogP contribution in [-0.2, 0) is 10.0 Å². The average Bonchev–Trinajstić information content (AvgIpc) is 2.24. The summed E-state index contributed by atoms with van der Waals surface area (Å²) >= 11 is 0. The number of hydrogen-bond acceptors (Lipinski definition) is 3. The minimum absolute atomic E-state index is 0.278. The molecule has 0 aromatic heterocycles. The quantitative estimate of drug-likeness (QED) is 0.737. The van der Waals surface area contributed by atoms with Crippen LogP contribution in [0.1, 0.15) is 40.0 Å². The van der Waals surface area contributed by atoms with Gasteiger partial charge in [0.1, 0.15) is 0 Å². The van der Waals surface area contributed by atoms with Crippen molar-refractivity contribution in [1.82, 2.24) is 9.62 Å². The van der Waals surface area contributed by atoms with E-state index in [1.54, 1.807) is 4.31 Å². The molecule has 0 atom stereocenters. The molecule has 0 unspecified atom stereocenters. The molecule has 0 aromatic carbocycles. The van der Waals surface area contributed by atoms with E-state index in [4.69, 9.17) is 0 Å². The van der Waals surface area contributed by atoms with Crippen molar-refractivity contribution in [2.24, 2.45) is 5.41 Å². The number of hydrogen-bond donors (Lipinski definition) is 1. The zero-order chi connectivity index (χ0) is 12.9. The van der Waals surface area contributed by atoms with Gasteiger partial charge in [0.05, 0.1) is 5.75 Å². The van der Waals surface area contributed by atoms with Crippen LogP contribution in [0.2, 0.25) is 0 Å². The largest absolute Gasteiger partial charge is 0.317 e. The van der Waals surface area contributed by atoms with E-state index in [1.807, 2.05) is 6.92 Å². The molecule has 1 aliphatic rings. The van der Waals surface area contributed by atoms with E-state index < -0.39 is 10.0 Å². The van der Waals surface area contributed by atoms with Gasteiger partial charge < -0.3 is 5.32 Å². The molecule has 1 rings (SSSR count). The van der Waals surface area contributed by atoms with Crippen LogP contribution >= 0.6 is 0 Å². The zero-order valence-corrected chi connectivity index (χ0v) is 12.1. The van der Waals surface area contributed by atoms with Crippen LogP contribution in [0.25, 0.3) is 0 Å². The first-order valence-corrected chi connectivity index (χ1v) is 8.17. The average molecular weight is 262 g/mol. The third-order valence-corrected chi connectivity index (χ3v) is 5.43. The summed E-state index contributed by atoms with van der Waals surface area (Å²) in [7, 11) is -3.02. The molecule has 17 heavy (non-hydrogen) atoms. The normalized spacial score (nSPS) is 21.6. The van der Waals surface area contributed by atoms with Gasteiger partial charge in [-0.15, -0.1) is 0 Å². The van der Waals surface area contributed by atoms with E-state index in [2.05, 4.69) is 19.2 Å². The minimum Gasteiger partial charge on any atom is -0.317 e. The summed E-state index contributed by atoms with van der Waals surface area (Å²) in [6.45, 7) is 9.52. The van der Waals surface area contributed by atoms with E-state index >= 15 is 0 Å². The fourth-order valence-corrected chi connectivity index (χ4v) is 3.56. The van der Waals surface area contributed by atoms with Crippen molar-refractivity contribution in [3.63, 3.8) is 0 Å². The molecule has 1 aliphatic heterocycles. The lowest BCUT2D eigenvalue weighted by atomic mass is 9.83. The first-order valence-electron chi connectivity index (χ1n) is 6.56. The highest BCUT2D eigenvalue weighted by Crippen LogP contribution is 2.30. The summed E-state index contributed by atoms with van der Waals surface area (Å²) < 4.78 is 25.8. The molecule has 0 aromatic rings. The van der Waals surface area contributed by atoms with Gasteiger partial charge in [0.2, 0.25) is 10.0 Å². The van der Waals surface area contributed by atoms with Gasteiger partial charge in [-0.1, -0.05) is 20.8 Å². The maximum atomic E-state index is 12.1. The Kier molecular flexibility index (Phi) is 5.41. The van der Waals surface area contributed by atoms with Crippen molar-refractivity contribution < 1.29 is 8.42 Å². The molecule has 0 amide bonds. The van der Waals surface area contributed by atoms with Crippen molar-refractivity contribution in [2.75, 3.05) is 31.9 Å². The third kappa shape index (κ3) is 4.94. The smallest absolute Gasteiger partial charge is 0.214 e. The maximum absolute atomic E-state index is 12.1. The molecule has 0 spiro atoms. The first kappa shape index (κ1) is 14.9. The molecule has 0 bridgehead atoms. The lowest BCUT2D eigenvalue weighted by Gasteiger charge is -2.36. The summed E-state index contributed by atoms with van der Waals surface area (Å²) in [5.41, 5.74) is 0.301. The molecule has 102 valence electrons. The van der Waals surface area contributed by atoms with Gasteiger partial charge in [0.25, 0.3) is 0 Å². The fraction of sp³-hybridized carbons (Fsp3) is 1.00. The zero-order valence-electron chi connectivity index (χ0n) is 11.3. The summed E-state index contributed by atoms with van der Waals surface area (Å²) in [5, 5.41) is 3.15. The number of rotatable bonds is 6. The number of sulfonamides is 1. The highest BCUT2D eigenvalue weighted by Gasteiger charge is 2.31. The highest BCUT2D eigenvalue weighted by atomic mass is 32.2. The van der Waals surface area contributed by atoms with E-state index in [0.717, 1.165) is 25.9 Å². The molecule has 0 radical (unpaired) electrons. The van der Waals surface area contributed by atoms with E-state index in [1.165, 1.54) is 0 Å². The molecule has 1 fully saturated rings. The molecule has 5 heteroatoms. The van der Waals surface area contributed by atoms with Crippen LogP contribution < -0.4 is 5.32 Å². The van der Waals surface area contributed by atoms with Crippen LogP contribution in [0, 0.1) is 5.41 Å². The number of nitrogens with one attached hydrogen (secondary N) is 1. The third-order valence-electron chi connectivity index (χ3n) is 3.48. The predicted molar refractivity (Wildman–Crippen MR) is 71.5 cm³/mol. The molecular formula is C12H26N2O2S. The maximum Gasteiger partial charge on any atom is 0.214 e. The van der Waals surface area contributed by atoms with E-state index in [9.17, 15) is 8.42 Å².